The number of rotatable bonds is 0. The van der Waals surface area contributed by atoms with E-state index in [9.17, 15) is 4.39 Å². The number of fused-ring (bicyclic) bond motifs is 2. The van der Waals surface area contributed by atoms with Crippen molar-refractivity contribution < 1.29 is 4.39 Å². The molecule has 15 heavy (non-hydrogen) atoms. The molecule has 2 nitrogen and oxygen atoms in total. The Kier molecular flexibility index (Phi) is 2.23. The number of hydrogen-bond donors (Lipinski definition) is 1. The third-order valence-corrected chi connectivity index (χ3v) is 4.36. The van der Waals surface area contributed by atoms with Gasteiger partial charge in [-0.3, -0.25) is 4.90 Å². The Morgan fingerprint density at radius 3 is 3.20 bits per heavy atom. The maximum atomic E-state index is 13.1. The van der Waals surface area contributed by atoms with Gasteiger partial charge < -0.3 is 5.73 Å². The third kappa shape index (κ3) is 1.48. The maximum absolute atomic E-state index is 13.1. The molecule has 1 unspecified atom stereocenters. The Labute approximate surface area is 92.6 Å². The third-order valence-electron chi connectivity index (χ3n) is 3.27. The molecular formula is C11H13FN2S. The van der Waals surface area contributed by atoms with Crippen LogP contribution in [0.4, 0.5) is 4.39 Å². The zero-order chi connectivity index (χ0) is 10.4. The molecule has 0 bridgehead atoms. The topological polar surface area (TPSA) is 29.3 Å². The van der Waals surface area contributed by atoms with Crippen LogP contribution < -0.4 is 5.73 Å². The lowest BCUT2D eigenvalue weighted by Crippen LogP contribution is -2.43. The summed E-state index contributed by atoms with van der Waals surface area (Å²) in [5.74, 6) is 1.96. The molecule has 2 N–H and O–H groups in total. The van der Waals surface area contributed by atoms with Crippen LogP contribution in [-0.4, -0.2) is 22.6 Å². The van der Waals surface area contributed by atoms with Gasteiger partial charge in [0.25, 0.3) is 0 Å². The normalized spacial score (nSPS) is 30.0. The van der Waals surface area contributed by atoms with Gasteiger partial charge in [-0.25, -0.2) is 4.39 Å². The zero-order valence-electron chi connectivity index (χ0n) is 8.32. The Bertz CT molecular complexity index is 396. The summed E-state index contributed by atoms with van der Waals surface area (Å²) in [5, 5.41) is 0. The lowest BCUT2D eigenvalue weighted by atomic mass is 9.91. The van der Waals surface area contributed by atoms with E-state index in [2.05, 4.69) is 4.90 Å². The van der Waals surface area contributed by atoms with E-state index in [1.165, 1.54) is 6.07 Å². The molecule has 0 aliphatic carbocycles. The van der Waals surface area contributed by atoms with Gasteiger partial charge in [0.1, 0.15) is 5.82 Å². The molecule has 1 fully saturated rings. The van der Waals surface area contributed by atoms with Gasteiger partial charge in [0, 0.05) is 30.3 Å². The highest BCUT2D eigenvalue weighted by molar-refractivity contribution is 7.99. The molecule has 2 heterocycles. The van der Waals surface area contributed by atoms with Crippen molar-refractivity contribution in [3.05, 3.63) is 35.1 Å². The van der Waals surface area contributed by atoms with Crippen LogP contribution in [0.5, 0.6) is 0 Å². The van der Waals surface area contributed by atoms with Crippen molar-refractivity contribution >= 4 is 11.8 Å². The molecule has 3 rings (SSSR count). The maximum Gasteiger partial charge on any atom is 0.123 e. The first-order valence-corrected chi connectivity index (χ1v) is 6.27. The Balaban J connectivity index is 2.04. The van der Waals surface area contributed by atoms with Crippen LogP contribution in [0, 0.1) is 5.82 Å². The first kappa shape index (κ1) is 9.63. The fraction of sp³-hybridized carbons (Fsp3) is 0.455. The largest absolute Gasteiger partial charge is 0.323 e. The summed E-state index contributed by atoms with van der Waals surface area (Å²) in [6.07, 6.45) is 0. The van der Waals surface area contributed by atoms with Gasteiger partial charge in [-0.2, -0.15) is 0 Å². The summed E-state index contributed by atoms with van der Waals surface area (Å²) in [4.78, 5) is 2.34. The molecule has 1 aromatic rings. The van der Waals surface area contributed by atoms with Crippen molar-refractivity contribution in [1.29, 1.82) is 0 Å². The molecule has 0 radical (unpaired) electrons. The van der Waals surface area contributed by atoms with Crippen LogP contribution in [0.2, 0.25) is 0 Å². The first-order valence-electron chi connectivity index (χ1n) is 5.11. The number of benzene rings is 1. The van der Waals surface area contributed by atoms with Gasteiger partial charge in [0.2, 0.25) is 0 Å². The van der Waals surface area contributed by atoms with Crippen molar-refractivity contribution in [3.63, 3.8) is 0 Å². The minimum atomic E-state index is -0.161. The summed E-state index contributed by atoms with van der Waals surface area (Å²) in [6.45, 7) is 0.846. The predicted molar refractivity (Wildman–Crippen MR) is 60.0 cm³/mol. The van der Waals surface area contributed by atoms with Crippen LogP contribution in [0.3, 0.4) is 0 Å². The molecule has 1 aromatic carbocycles. The van der Waals surface area contributed by atoms with Gasteiger partial charge in [0.15, 0.2) is 0 Å². The number of nitrogens with zero attached hydrogens (tertiary/aromatic N) is 1. The van der Waals surface area contributed by atoms with E-state index in [0.29, 0.717) is 6.04 Å². The Hall–Kier alpha value is -0.580. The number of nitrogens with two attached hydrogens (primary N) is 1. The van der Waals surface area contributed by atoms with Gasteiger partial charge >= 0.3 is 0 Å². The van der Waals surface area contributed by atoms with Crippen LogP contribution in [-0.2, 0) is 6.54 Å². The quantitative estimate of drug-likeness (QED) is 0.727. The molecule has 0 aromatic heterocycles. The van der Waals surface area contributed by atoms with E-state index in [1.807, 2.05) is 17.8 Å². The molecule has 0 saturated carbocycles. The van der Waals surface area contributed by atoms with Crippen molar-refractivity contribution in [2.75, 3.05) is 11.6 Å². The molecule has 80 valence electrons. The number of halogens is 1. The molecule has 2 atom stereocenters. The molecule has 2 aliphatic heterocycles. The minimum Gasteiger partial charge on any atom is -0.323 e. The van der Waals surface area contributed by atoms with Crippen LogP contribution in [0.1, 0.15) is 17.2 Å². The second-order valence-corrected chi connectivity index (χ2v) is 5.18. The fourth-order valence-electron chi connectivity index (χ4n) is 2.45. The van der Waals surface area contributed by atoms with E-state index in [-0.39, 0.29) is 11.9 Å². The molecule has 4 heteroatoms. The van der Waals surface area contributed by atoms with Crippen molar-refractivity contribution in [3.8, 4) is 0 Å². The highest BCUT2D eigenvalue weighted by atomic mass is 32.2. The second kappa shape index (κ2) is 3.47. The van der Waals surface area contributed by atoms with Crippen molar-refractivity contribution in [1.82, 2.24) is 4.90 Å². The van der Waals surface area contributed by atoms with Gasteiger partial charge in [0.05, 0.1) is 0 Å². The molecule has 1 saturated heterocycles. The van der Waals surface area contributed by atoms with E-state index in [1.54, 1.807) is 6.07 Å². The average molecular weight is 224 g/mol. The second-order valence-electron chi connectivity index (χ2n) is 4.18. The summed E-state index contributed by atoms with van der Waals surface area (Å²) < 4.78 is 13.1. The zero-order valence-corrected chi connectivity index (χ0v) is 9.14. The Morgan fingerprint density at radius 2 is 2.33 bits per heavy atom. The standard InChI is InChI=1S/C11H13FN2S/c12-8-1-2-9-7(3-8)4-14-6-15-5-10(14)11(9)13/h1-3,10-11H,4-6,13H2/t10-,11?/m1/s1. The lowest BCUT2D eigenvalue weighted by molar-refractivity contribution is 0.207. The molecule has 0 spiro atoms. The molecule has 2 aliphatic rings. The SMILES string of the molecule is NC1c2ccc(F)cc2CN2CSC[C@H]12. The summed E-state index contributed by atoms with van der Waals surface area (Å²) in [5.41, 5.74) is 8.39. The van der Waals surface area contributed by atoms with E-state index in [0.717, 1.165) is 29.3 Å². The highest BCUT2D eigenvalue weighted by Gasteiger charge is 2.36. The summed E-state index contributed by atoms with van der Waals surface area (Å²) in [6, 6.07) is 5.46. The number of hydrogen-bond acceptors (Lipinski definition) is 3. The van der Waals surface area contributed by atoms with Crippen molar-refractivity contribution in [2.24, 2.45) is 5.73 Å². The van der Waals surface area contributed by atoms with Crippen LogP contribution in [0.15, 0.2) is 18.2 Å². The number of thioether (sulfide) groups is 1. The minimum absolute atomic E-state index is 0.0457. The van der Waals surface area contributed by atoms with Crippen molar-refractivity contribution in [2.45, 2.75) is 18.6 Å². The highest BCUT2D eigenvalue weighted by Crippen LogP contribution is 2.36. The van der Waals surface area contributed by atoms with Gasteiger partial charge in [-0.05, 0) is 23.3 Å². The summed E-state index contributed by atoms with van der Waals surface area (Å²) >= 11 is 1.91. The van der Waals surface area contributed by atoms with E-state index in [4.69, 9.17) is 5.73 Å². The fourth-order valence-corrected chi connectivity index (χ4v) is 3.73. The smallest absolute Gasteiger partial charge is 0.123 e. The average Bonchev–Trinajstić information content (AvgIpc) is 2.65. The van der Waals surface area contributed by atoms with Crippen LogP contribution >= 0.6 is 11.8 Å². The predicted octanol–water partition coefficient (Wildman–Crippen LogP) is 1.71. The monoisotopic (exact) mass is 224 g/mol. The van der Waals surface area contributed by atoms with E-state index < -0.39 is 0 Å². The van der Waals surface area contributed by atoms with Crippen LogP contribution in [0.25, 0.3) is 0 Å². The summed E-state index contributed by atoms with van der Waals surface area (Å²) in [7, 11) is 0. The molecule has 0 amide bonds. The van der Waals surface area contributed by atoms with E-state index >= 15 is 0 Å². The van der Waals surface area contributed by atoms with Gasteiger partial charge in [-0.15, -0.1) is 11.8 Å². The molecular weight excluding hydrogens is 211 g/mol. The lowest BCUT2D eigenvalue weighted by Gasteiger charge is -2.35. The first-order chi connectivity index (χ1) is 7.25. The Morgan fingerprint density at radius 1 is 1.47 bits per heavy atom. The van der Waals surface area contributed by atoms with Gasteiger partial charge in [-0.1, -0.05) is 6.07 Å².